The summed E-state index contributed by atoms with van der Waals surface area (Å²) in [6.45, 7) is 14.6. The standard InChI is InChI=1S/C20H26ClN7O2.C11H9BrClN5.C4H10N2/c1-20(2,3)30-19(29)27-10-8-26(9-11-27)6-4-5-7-28-14-15(13-23-28)16-12-17(21)24-25-18(16)22;12-3-1-2-4-18-7-8(6-15-18)9-5-10(13)16-17-11(9)14;1-2-6-4-3-5-1/h12-14H,6-11H2,1-3H3,(H2,22,25);5-7H,3-4H2,(H2,14,17);5-6H,1-4H2. The third-order valence-corrected chi connectivity index (χ3v) is 8.21. The van der Waals surface area contributed by atoms with Gasteiger partial charge in [-0.15, -0.1) is 20.4 Å². The Bertz CT molecular complexity index is 1920. The lowest BCUT2D eigenvalue weighted by Crippen LogP contribution is -2.50. The largest absolute Gasteiger partial charge is 0.444 e. The maximum atomic E-state index is 12.1. The van der Waals surface area contributed by atoms with Crippen molar-refractivity contribution in [1.29, 1.82) is 0 Å². The molecule has 6 rings (SSSR count). The maximum absolute atomic E-state index is 12.1. The number of hydrogen-bond acceptors (Lipinski definition) is 13. The minimum absolute atomic E-state index is 0.256. The van der Waals surface area contributed by atoms with Crippen molar-refractivity contribution in [3.8, 4) is 45.9 Å². The molecular weight excluding hydrogens is 799 g/mol. The number of nitrogens with two attached hydrogens (primary N) is 2. The quantitative estimate of drug-likeness (QED) is 0.169. The summed E-state index contributed by atoms with van der Waals surface area (Å²) in [5.41, 5.74) is 14.2. The van der Waals surface area contributed by atoms with Crippen molar-refractivity contribution in [2.45, 2.75) is 39.5 Å². The van der Waals surface area contributed by atoms with Crippen LogP contribution in [0.2, 0.25) is 10.3 Å². The number of nitrogen functional groups attached to an aromatic ring is 2. The van der Waals surface area contributed by atoms with E-state index in [1.807, 2.05) is 33.2 Å². The van der Waals surface area contributed by atoms with E-state index in [0.717, 1.165) is 56.0 Å². The van der Waals surface area contributed by atoms with Gasteiger partial charge in [0.25, 0.3) is 0 Å². The molecular formula is C35H45BrCl2N14O2. The lowest BCUT2D eigenvalue weighted by Gasteiger charge is -2.34. The first-order valence-corrected chi connectivity index (χ1v) is 19.0. The highest BCUT2D eigenvalue weighted by molar-refractivity contribution is 9.09. The Morgan fingerprint density at radius 3 is 1.69 bits per heavy atom. The van der Waals surface area contributed by atoms with E-state index in [-0.39, 0.29) is 11.2 Å². The fourth-order valence-corrected chi connectivity index (χ4v) is 5.39. The number of halogens is 3. The first kappa shape index (κ1) is 42.3. The Morgan fingerprint density at radius 2 is 1.24 bits per heavy atom. The van der Waals surface area contributed by atoms with E-state index in [2.05, 4.69) is 85.7 Å². The highest BCUT2D eigenvalue weighted by Crippen LogP contribution is 2.26. The summed E-state index contributed by atoms with van der Waals surface area (Å²) in [5, 5.41) is 31.1. The van der Waals surface area contributed by atoms with Gasteiger partial charge in [0.15, 0.2) is 21.9 Å². The van der Waals surface area contributed by atoms with Crippen molar-refractivity contribution in [2.24, 2.45) is 0 Å². The van der Waals surface area contributed by atoms with E-state index in [9.17, 15) is 4.79 Å². The van der Waals surface area contributed by atoms with Crippen molar-refractivity contribution in [3.63, 3.8) is 0 Å². The maximum Gasteiger partial charge on any atom is 0.410 e. The molecule has 0 aromatic carbocycles. The van der Waals surface area contributed by atoms with Gasteiger partial charge in [0.1, 0.15) is 18.7 Å². The van der Waals surface area contributed by atoms with Gasteiger partial charge in [0.2, 0.25) is 0 Å². The van der Waals surface area contributed by atoms with Crippen LogP contribution in [0.15, 0.2) is 36.9 Å². The van der Waals surface area contributed by atoms with Crippen molar-refractivity contribution in [1.82, 2.24) is 60.4 Å². The Morgan fingerprint density at radius 1 is 0.778 bits per heavy atom. The first-order valence-electron chi connectivity index (χ1n) is 17.1. The van der Waals surface area contributed by atoms with Gasteiger partial charge in [-0.2, -0.15) is 10.2 Å². The van der Waals surface area contributed by atoms with Crippen LogP contribution in [0.3, 0.4) is 0 Å². The predicted molar refractivity (Wildman–Crippen MR) is 215 cm³/mol. The number of anilines is 2. The molecule has 0 radical (unpaired) electrons. The lowest BCUT2D eigenvalue weighted by atomic mass is 10.1. The fraction of sp³-hybridized carbons (Fsp3) is 0.457. The van der Waals surface area contributed by atoms with Crippen molar-refractivity contribution in [2.75, 3.05) is 75.7 Å². The van der Waals surface area contributed by atoms with Crippen molar-refractivity contribution >= 4 is 56.9 Å². The molecule has 4 aromatic rings. The molecule has 2 fully saturated rings. The molecule has 2 saturated heterocycles. The van der Waals surface area contributed by atoms with Crippen LogP contribution in [0.5, 0.6) is 0 Å². The van der Waals surface area contributed by atoms with Gasteiger partial charge in [-0.1, -0.05) is 62.8 Å². The number of carbonyl (C=O) groups is 1. The summed E-state index contributed by atoms with van der Waals surface area (Å²) in [5.74, 6) is 12.8. The van der Waals surface area contributed by atoms with Crippen LogP contribution in [0, 0.1) is 23.7 Å². The summed E-state index contributed by atoms with van der Waals surface area (Å²) in [6.07, 6.45) is 6.82. The highest BCUT2D eigenvalue weighted by Gasteiger charge is 2.25. The zero-order valence-electron chi connectivity index (χ0n) is 30.5. The van der Waals surface area contributed by atoms with Gasteiger partial charge >= 0.3 is 6.09 Å². The second-order valence-electron chi connectivity index (χ2n) is 12.9. The molecule has 2 aliphatic rings. The van der Waals surface area contributed by atoms with E-state index in [4.69, 9.17) is 39.4 Å². The lowest BCUT2D eigenvalue weighted by molar-refractivity contribution is 0.0155. The van der Waals surface area contributed by atoms with Crippen LogP contribution in [0.25, 0.3) is 22.3 Å². The number of piperazine rings is 2. The van der Waals surface area contributed by atoms with E-state index < -0.39 is 5.60 Å². The number of aromatic nitrogens is 8. The van der Waals surface area contributed by atoms with E-state index in [0.29, 0.717) is 60.4 Å². The Labute approximate surface area is 333 Å². The minimum atomic E-state index is -0.474. The normalized spacial score (nSPS) is 14.2. The number of ether oxygens (including phenoxy) is 1. The number of nitrogens with one attached hydrogen (secondary N) is 2. The topological polar surface area (TPSA) is 196 Å². The average Bonchev–Trinajstić information content (AvgIpc) is 3.83. The van der Waals surface area contributed by atoms with Crippen LogP contribution in [-0.4, -0.2) is 126 Å². The molecule has 0 unspecified atom stereocenters. The smallest absolute Gasteiger partial charge is 0.410 e. The van der Waals surface area contributed by atoms with Crippen molar-refractivity contribution in [3.05, 3.63) is 47.2 Å². The molecule has 6 heterocycles. The van der Waals surface area contributed by atoms with Crippen molar-refractivity contribution < 1.29 is 9.53 Å². The molecule has 4 aromatic heterocycles. The molecule has 0 spiro atoms. The molecule has 6 N–H and O–H groups in total. The molecule has 0 saturated carbocycles. The number of rotatable bonds is 5. The Balaban J connectivity index is 0.000000226. The van der Waals surface area contributed by atoms with E-state index in [1.165, 1.54) is 0 Å². The number of hydrogen-bond donors (Lipinski definition) is 4. The van der Waals surface area contributed by atoms with Crippen LogP contribution in [-0.2, 0) is 17.8 Å². The summed E-state index contributed by atoms with van der Waals surface area (Å²) < 4.78 is 8.87. The second kappa shape index (κ2) is 21.4. The van der Waals surface area contributed by atoms with Gasteiger partial charge in [-0.3, -0.25) is 14.3 Å². The molecule has 0 atom stereocenters. The zero-order valence-corrected chi connectivity index (χ0v) is 33.6. The molecule has 19 heteroatoms. The molecule has 0 bridgehead atoms. The third kappa shape index (κ3) is 14.4. The molecule has 54 heavy (non-hydrogen) atoms. The zero-order chi connectivity index (χ0) is 38.9. The molecule has 0 aliphatic carbocycles. The number of carbonyl (C=O) groups excluding carboxylic acids is 1. The van der Waals surface area contributed by atoms with Gasteiger partial charge in [-0.05, 0) is 32.9 Å². The number of nitrogens with zero attached hydrogens (tertiary/aromatic N) is 10. The van der Waals surface area contributed by atoms with Gasteiger partial charge in [0, 0.05) is 87.0 Å². The molecule has 16 nitrogen and oxygen atoms in total. The fourth-order valence-electron chi connectivity index (χ4n) is 4.90. The van der Waals surface area contributed by atoms with Crippen LogP contribution in [0.1, 0.15) is 20.8 Å². The first-order chi connectivity index (χ1) is 25.9. The Kier molecular flexibility index (Phi) is 16.8. The summed E-state index contributed by atoms with van der Waals surface area (Å²) >= 11 is 14.9. The second-order valence-corrected chi connectivity index (χ2v) is 14.2. The highest BCUT2D eigenvalue weighted by atomic mass is 79.9. The van der Waals surface area contributed by atoms with Gasteiger partial charge in [-0.25, -0.2) is 4.79 Å². The average molecular weight is 845 g/mol. The molecule has 2 aliphatic heterocycles. The summed E-state index contributed by atoms with van der Waals surface area (Å²) in [7, 11) is 0. The number of amides is 1. The van der Waals surface area contributed by atoms with Gasteiger partial charge in [0.05, 0.1) is 24.3 Å². The molecule has 1 amide bonds. The van der Waals surface area contributed by atoms with Crippen LogP contribution < -0.4 is 22.1 Å². The minimum Gasteiger partial charge on any atom is -0.444 e. The third-order valence-electron chi connectivity index (χ3n) is 7.56. The summed E-state index contributed by atoms with van der Waals surface area (Å²) in [6, 6.07) is 3.32. The number of alkyl halides is 1. The van der Waals surface area contributed by atoms with Crippen LogP contribution in [0.4, 0.5) is 16.4 Å². The Hall–Kier alpha value is -4.49. The summed E-state index contributed by atoms with van der Waals surface area (Å²) in [4.78, 5) is 16.1. The predicted octanol–water partition coefficient (Wildman–Crippen LogP) is 3.29. The monoisotopic (exact) mass is 842 g/mol. The van der Waals surface area contributed by atoms with Gasteiger partial charge < -0.3 is 31.7 Å². The van der Waals surface area contributed by atoms with Crippen LogP contribution >= 0.6 is 39.1 Å². The van der Waals surface area contributed by atoms with E-state index >= 15 is 0 Å². The van der Waals surface area contributed by atoms with E-state index in [1.54, 1.807) is 38.8 Å². The SMILES string of the molecule is C1CNCCN1.CC(C)(C)OC(=O)N1CCN(CC#CCn2cc(-c3cc(Cl)nnc3N)cn2)CC1.Nc1nnc(Cl)cc1-c1cnn(CC#CCBr)c1. The molecule has 288 valence electrons.